The Kier molecular flexibility index (Phi) is 5.64. The van der Waals surface area contributed by atoms with Crippen LogP contribution in [0.1, 0.15) is 23.7 Å². The van der Waals surface area contributed by atoms with E-state index in [1.165, 1.54) is 17.6 Å². The summed E-state index contributed by atoms with van der Waals surface area (Å²) in [6.45, 7) is 2.75. The number of carbonyl (C=O) groups excluding carboxylic acids is 1. The van der Waals surface area contributed by atoms with Crippen molar-refractivity contribution in [3.8, 4) is 0 Å². The molecule has 0 bridgehead atoms. The lowest BCUT2D eigenvalue weighted by Gasteiger charge is -2.04. The van der Waals surface area contributed by atoms with Crippen LogP contribution >= 0.6 is 33.9 Å². The molecule has 0 spiro atoms. The van der Waals surface area contributed by atoms with Crippen LogP contribution in [0.2, 0.25) is 0 Å². The molecule has 0 aliphatic rings. The number of thiazole rings is 1. The summed E-state index contributed by atoms with van der Waals surface area (Å²) in [6.07, 6.45) is 2.07. The van der Waals surface area contributed by atoms with E-state index in [4.69, 9.17) is 0 Å². The molecular formula is C18H17IN2O3S2. The van der Waals surface area contributed by atoms with Crippen LogP contribution < -0.4 is 4.80 Å². The average Bonchev–Trinajstić information content (AvgIpc) is 2.91. The molecule has 0 fully saturated rings. The largest absolute Gasteiger partial charge is 0.316 e. The van der Waals surface area contributed by atoms with Crippen molar-refractivity contribution in [3.63, 3.8) is 0 Å². The second-order valence-electron chi connectivity index (χ2n) is 5.83. The first-order chi connectivity index (χ1) is 12.3. The first kappa shape index (κ1) is 19.2. The Balaban J connectivity index is 2.20. The number of nitrogens with zero attached hydrogens (tertiary/aromatic N) is 2. The van der Waals surface area contributed by atoms with Gasteiger partial charge >= 0.3 is 0 Å². The normalized spacial score (nSPS) is 12.7. The fourth-order valence-electron chi connectivity index (χ4n) is 2.59. The number of hydrogen-bond donors (Lipinski definition) is 0. The maximum Gasteiger partial charge on any atom is 0.280 e. The number of fused-ring (bicyclic) bond motifs is 1. The minimum atomic E-state index is -3.28. The standard InChI is InChI=1S/C18H17IN2O3S2/c1-3-10-21-15-9-8-12(26(2,23)24)11-16(15)25-18(21)20-17(22)13-6-4-5-7-14(13)19/h4-9,11H,3,10H2,1-2H3. The third-order valence-electron chi connectivity index (χ3n) is 3.83. The van der Waals surface area contributed by atoms with E-state index >= 15 is 0 Å². The van der Waals surface area contributed by atoms with Crippen LogP contribution in [-0.4, -0.2) is 25.1 Å². The molecule has 136 valence electrons. The molecule has 3 rings (SSSR count). The van der Waals surface area contributed by atoms with Gasteiger partial charge in [-0.1, -0.05) is 30.4 Å². The number of benzene rings is 2. The Morgan fingerprint density at radius 3 is 2.62 bits per heavy atom. The number of carbonyl (C=O) groups is 1. The summed E-state index contributed by atoms with van der Waals surface area (Å²) in [5.74, 6) is -0.297. The number of sulfone groups is 1. The van der Waals surface area contributed by atoms with Gasteiger partial charge in [-0.15, -0.1) is 0 Å². The Bertz CT molecular complexity index is 1160. The number of aryl methyl sites for hydroxylation is 1. The van der Waals surface area contributed by atoms with Crippen molar-refractivity contribution in [2.24, 2.45) is 4.99 Å². The number of hydrogen-bond acceptors (Lipinski definition) is 4. The fourth-order valence-corrected chi connectivity index (χ4v) is 5.02. The Morgan fingerprint density at radius 2 is 1.96 bits per heavy atom. The molecule has 0 saturated heterocycles. The van der Waals surface area contributed by atoms with Gasteiger partial charge in [-0.05, 0) is 59.3 Å². The fraction of sp³-hybridized carbons (Fsp3) is 0.222. The Hall–Kier alpha value is -1.52. The van der Waals surface area contributed by atoms with Gasteiger partial charge in [-0.3, -0.25) is 4.79 Å². The van der Waals surface area contributed by atoms with Crippen molar-refractivity contribution in [3.05, 3.63) is 56.4 Å². The summed E-state index contributed by atoms with van der Waals surface area (Å²) in [6, 6.07) is 12.4. The summed E-state index contributed by atoms with van der Waals surface area (Å²) < 4.78 is 27.2. The van der Waals surface area contributed by atoms with Crippen molar-refractivity contribution in [1.29, 1.82) is 0 Å². The molecule has 0 aliphatic carbocycles. The molecule has 0 saturated carbocycles. The predicted molar refractivity (Wildman–Crippen MR) is 112 cm³/mol. The average molecular weight is 500 g/mol. The van der Waals surface area contributed by atoms with E-state index in [9.17, 15) is 13.2 Å². The van der Waals surface area contributed by atoms with Crippen molar-refractivity contribution >= 4 is 59.9 Å². The van der Waals surface area contributed by atoms with Crippen LogP contribution in [0.5, 0.6) is 0 Å². The van der Waals surface area contributed by atoms with Gasteiger partial charge in [0, 0.05) is 16.4 Å². The Labute approximate surface area is 169 Å². The van der Waals surface area contributed by atoms with E-state index < -0.39 is 9.84 Å². The molecule has 1 amide bonds. The summed E-state index contributed by atoms with van der Waals surface area (Å²) in [7, 11) is -3.28. The zero-order chi connectivity index (χ0) is 18.9. The lowest BCUT2D eigenvalue weighted by atomic mass is 10.2. The molecule has 2 aromatic carbocycles. The molecule has 0 atom stereocenters. The zero-order valence-electron chi connectivity index (χ0n) is 14.3. The first-order valence-electron chi connectivity index (χ1n) is 7.98. The van der Waals surface area contributed by atoms with Gasteiger partial charge in [0.05, 0.1) is 20.7 Å². The van der Waals surface area contributed by atoms with Crippen LogP contribution in [0.4, 0.5) is 0 Å². The maximum atomic E-state index is 12.6. The van der Waals surface area contributed by atoms with Crippen LogP contribution in [0.15, 0.2) is 52.4 Å². The topological polar surface area (TPSA) is 68.5 Å². The lowest BCUT2D eigenvalue weighted by molar-refractivity contribution is 0.0997. The first-order valence-corrected chi connectivity index (χ1v) is 11.8. The van der Waals surface area contributed by atoms with Gasteiger partial charge in [-0.25, -0.2) is 8.42 Å². The van der Waals surface area contributed by atoms with Crippen LogP contribution in [0.3, 0.4) is 0 Å². The highest BCUT2D eigenvalue weighted by atomic mass is 127. The number of halogens is 1. The molecule has 1 aromatic heterocycles. The van der Waals surface area contributed by atoms with Crippen molar-refractivity contribution in [2.75, 3.05) is 6.26 Å². The second kappa shape index (κ2) is 7.61. The minimum Gasteiger partial charge on any atom is -0.316 e. The predicted octanol–water partition coefficient (Wildman–Crippen LogP) is 3.86. The Morgan fingerprint density at radius 1 is 1.23 bits per heavy atom. The molecule has 8 heteroatoms. The summed E-state index contributed by atoms with van der Waals surface area (Å²) >= 11 is 3.45. The molecule has 0 aliphatic heterocycles. The van der Waals surface area contributed by atoms with Gasteiger partial charge in [0.2, 0.25) is 0 Å². The summed E-state index contributed by atoms with van der Waals surface area (Å²) in [5.41, 5.74) is 1.45. The highest BCUT2D eigenvalue weighted by Gasteiger charge is 2.13. The molecule has 3 aromatic rings. The minimum absolute atomic E-state index is 0.269. The molecule has 0 radical (unpaired) electrons. The van der Waals surface area contributed by atoms with Crippen LogP contribution in [-0.2, 0) is 16.4 Å². The summed E-state index contributed by atoms with van der Waals surface area (Å²) in [5, 5.41) is 0. The maximum absolute atomic E-state index is 12.6. The van der Waals surface area contributed by atoms with Gasteiger partial charge in [0.15, 0.2) is 14.6 Å². The van der Waals surface area contributed by atoms with E-state index in [0.717, 1.165) is 20.2 Å². The van der Waals surface area contributed by atoms with Gasteiger partial charge in [0.25, 0.3) is 5.91 Å². The van der Waals surface area contributed by atoms with E-state index in [1.54, 1.807) is 24.3 Å². The van der Waals surface area contributed by atoms with E-state index in [1.807, 2.05) is 29.7 Å². The third kappa shape index (κ3) is 3.91. The van der Waals surface area contributed by atoms with E-state index in [-0.39, 0.29) is 10.8 Å². The number of rotatable bonds is 4. The second-order valence-corrected chi connectivity index (χ2v) is 10.0. The highest BCUT2D eigenvalue weighted by molar-refractivity contribution is 14.1. The van der Waals surface area contributed by atoms with Gasteiger partial charge in [0.1, 0.15) is 0 Å². The van der Waals surface area contributed by atoms with Crippen molar-refractivity contribution < 1.29 is 13.2 Å². The molecule has 0 N–H and O–H groups in total. The van der Waals surface area contributed by atoms with Crippen LogP contribution in [0, 0.1) is 3.57 Å². The quantitative estimate of drug-likeness (QED) is 0.511. The van der Waals surface area contributed by atoms with Crippen molar-refractivity contribution in [2.45, 2.75) is 24.8 Å². The number of aromatic nitrogens is 1. The van der Waals surface area contributed by atoms with Gasteiger partial charge in [-0.2, -0.15) is 4.99 Å². The van der Waals surface area contributed by atoms with E-state index in [2.05, 4.69) is 27.6 Å². The smallest absolute Gasteiger partial charge is 0.280 e. The van der Waals surface area contributed by atoms with E-state index in [0.29, 0.717) is 16.9 Å². The monoisotopic (exact) mass is 500 g/mol. The zero-order valence-corrected chi connectivity index (χ0v) is 18.1. The SMILES string of the molecule is CCCn1c(=NC(=O)c2ccccc2I)sc2cc(S(C)(=O)=O)ccc21. The number of amides is 1. The molecule has 5 nitrogen and oxygen atoms in total. The molecule has 0 unspecified atom stereocenters. The summed E-state index contributed by atoms with van der Waals surface area (Å²) in [4.78, 5) is 17.8. The van der Waals surface area contributed by atoms with Gasteiger partial charge < -0.3 is 4.57 Å². The molecular weight excluding hydrogens is 483 g/mol. The highest BCUT2D eigenvalue weighted by Crippen LogP contribution is 2.22. The lowest BCUT2D eigenvalue weighted by Crippen LogP contribution is -2.17. The molecule has 26 heavy (non-hydrogen) atoms. The molecule has 1 heterocycles. The van der Waals surface area contributed by atoms with Crippen molar-refractivity contribution in [1.82, 2.24) is 4.57 Å². The third-order valence-corrected chi connectivity index (χ3v) is 6.92. The van der Waals surface area contributed by atoms with Crippen LogP contribution in [0.25, 0.3) is 10.2 Å².